The number of rotatable bonds is 4. The summed E-state index contributed by atoms with van der Waals surface area (Å²) < 4.78 is 6.68. The molecule has 0 aliphatic carbocycles. The van der Waals surface area contributed by atoms with Crippen molar-refractivity contribution in [2.24, 2.45) is 0 Å². The second-order valence-corrected chi connectivity index (χ2v) is 8.34. The van der Waals surface area contributed by atoms with E-state index in [1.165, 1.54) is 27.8 Å². The third kappa shape index (κ3) is 2.71. The second-order valence-electron chi connectivity index (χ2n) is 5.83. The predicted octanol–water partition coefficient (Wildman–Crippen LogP) is 3.02. The Hall–Kier alpha value is -2.59. The first-order valence-electron chi connectivity index (χ1n) is 7.86. The van der Waals surface area contributed by atoms with Gasteiger partial charge in [-0.25, -0.2) is 9.66 Å². The summed E-state index contributed by atoms with van der Waals surface area (Å²) in [6, 6.07) is 3.52. The fourth-order valence-corrected chi connectivity index (χ4v) is 4.47. The van der Waals surface area contributed by atoms with Crippen LogP contribution in [0.1, 0.15) is 28.4 Å². The lowest BCUT2D eigenvalue weighted by atomic mass is 10.2. The molecule has 0 spiro atoms. The molecule has 26 heavy (non-hydrogen) atoms. The van der Waals surface area contributed by atoms with E-state index in [-0.39, 0.29) is 10.8 Å². The lowest BCUT2D eigenvalue weighted by Gasteiger charge is -2.09. The number of hydrogen-bond acceptors (Lipinski definition) is 8. The average molecular weight is 388 g/mol. The number of hydrogen-bond donors (Lipinski definition) is 2. The minimum Gasteiger partial charge on any atom is -0.461 e. The van der Waals surface area contributed by atoms with Crippen molar-refractivity contribution in [3.05, 3.63) is 45.0 Å². The van der Waals surface area contributed by atoms with Gasteiger partial charge in [-0.1, -0.05) is 11.8 Å². The fourth-order valence-electron chi connectivity index (χ4n) is 2.61. The summed E-state index contributed by atoms with van der Waals surface area (Å²) >= 11 is 2.89. The molecule has 1 atom stereocenters. The molecule has 0 radical (unpaired) electrons. The first-order chi connectivity index (χ1) is 12.5. The summed E-state index contributed by atoms with van der Waals surface area (Å²) in [6.45, 7) is 5.87. The van der Waals surface area contributed by atoms with E-state index < -0.39 is 0 Å². The third-order valence-corrected chi connectivity index (χ3v) is 6.30. The van der Waals surface area contributed by atoms with E-state index in [9.17, 15) is 4.79 Å². The first-order valence-corrected chi connectivity index (χ1v) is 9.56. The maximum atomic E-state index is 12.4. The van der Waals surface area contributed by atoms with E-state index in [0.717, 1.165) is 15.3 Å². The number of aryl methyl sites for hydroxylation is 2. The topological polar surface area (TPSA) is 116 Å². The molecule has 0 aliphatic heterocycles. The molecule has 0 bridgehead atoms. The smallest absolute Gasteiger partial charge is 0.259 e. The van der Waals surface area contributed by atoms with Crippen LogP contribution in [0.5, 0.6) is 0 Å². The van der Waals surface area contributed by atoms with E-state index in [4.69, 9.17) is 10.3 Å². The normalized spacial score (nSPS) is 12.7. The lowest BCUT2D eigenvalue weighted by molar-refractivity contribution is 0.574. The van der Waals surface area contributed by atoms with Crippen molar-refractivity contribution in [1.82, 2.24) is 24.8 Å². The number of furan rings is 1. The van der Waals surface area contributed by atoms with Crippen LogP contribution in [0.4, 0.5) is 0 Å². The quantitative estimate of drug-likeness (QED) is 0.408. The van der Waals surface area contributed by atoms with Crippen LogP contribution in [0.15, 0.2) is 32.8 Å². The summed E-state index contributed by atoms with van der Waals surface area (Å²) in [7, 11) is 0. The van der Waals surface area contributed by atoms with Gasteiger partial charge in [-0.3, -0.25) is 4.79 Å². The van der Waals surface area contributed by atoms with Gasteiger partial charge >= 0.3 is 0 Å². The monoisotopic (exact) mass is 388 g/mol. The largest absolute Gasteiger partial charge is 0.461 e. The van der Waals surface area contributed by atoms with E-state index in [1.54, 1.807) is 18.4 Å². The molecule has 0 fully saturated rings. The van der Waals surface area contributed by atoms with Crippen LogP contribution < -0.4 is 11.4 Å². The van der Waals surface area contributed by atoms with Crippen molar-refractivity contribution in [2.45, 2.75) is 31.2 Å². The molecule has 3 N–H and O–H groups in total. The lowest BCUT2D eigenvalue weighted by Crippen LogP contribution is -2.14. The van der Waals surface area contributed by atoms with Gasteiger partial charge in [-0.15, -0.1) is 21.5 Å². The highest BCUT2D eigenvalue weighted by Gasteiger charge is 2.20. The number of nitrogen functional groups attached to an aromatic ring is 1. The number of nitrogens with one attached hydrogen (secondary N) is 1. The van der Waals surface area contributed by atoms with Crippen LogP contribution in [0.2, 0.25) is 0 Å². The van der Waals surface area contributed by atoms with Crippen molar-refractivity contribution in [3.8, 4) is 11.6 Å². The molecule has 8 nitrogen and oxygen atoms in total. The predicted molar refractivity (Wildman–Crippen MR) is 102 cm³/mol. The number of fused-ring (bicyclic) bond motifs is 1. The summed E-state index contributed by atoms with van der Waals surface area (Å²) in [4.78, 5) is 21.8. The highest BCUT2D eigenvalue weighted by Crippen LogP contribution is 2.34. The summed E-state index contributed by atoms with van der Waals surface area (Å²) in [6.07, 6.45) is 1.55. The standard InChI is InChI=1S/C16H16N6O2S2/c1-7-8(2)25-15-11(7)14(23)18-12(19-15)9(3)26-16-21-20-13(22(16)17)10-5-4-6-24-10/h4-6,9H,17H2,1-3H3,(H,18,19,23)/t9-/m0/s1. The van der Waals surface area contributed by atoms with Gasteiger partial charge in [0, 0.05) is 4.88 Å². The van der Waals surface area contributed by atoms with Gasteiger partial charge in [-0.2, -0.15) is 0 Å². The number of H-pyrrole nitrogens is 1. The van der Waals surface area contributed by atoms with Crippen LogP contribution >= 0.6 is 23.1 Å². The Morgan fingerprint density at radius 1 is 1.38 bits per heavy atom. The Bertz CT molecular complexity index is 1140. The molecule has 4 aromatic heterocycles. The van der Waals surface area contributed by atoms with Gasteiger partial charge < -0.3 is 15.2 Å². The maximum Gasteiger partial charge on any atom is 0.259 e. The van der Waals surface area contributed by atoms with Gasteiger partial charge in [-0.05, 0) is 38.5 Å². The van der Waals surface area contributed by atoms with E-state index in [1.807, 2.05) is 20.8 Å². The van der Waals surface area contributed by atoms with Crippen molar-refractivity contribution >= 4 is 33.3 Å². The summed E-state index contributed by atoms with van der Waals surface area (Å²) in [5.74, 6) is 7.64. The van der Waals surface area contributed by atoms with E-state index >= 15 is 0 Å². The Balaban J connectivity index is 1.66. The Kier molecular flexibility index (Phi) is 4.08. The van der Waals surface area contributed by atoms with Gasteiger partial charge in [0.05, 0.1) is 16.9 Å². The van der Waals surface area contributed by atoms with Crippen LogP contribution in [-0.4, -0.2) is 24.8 Å². The van der Waals surface area contributed by atoms with Crippen molar-refractivity contribution in [2.75, 3.05) is 5.84 Å². The van der Waals surface area contributed by atoms with Crippen LogP contribution in [0.25, 0.3) is 21.8 Å². The van der Waals surface area contributed by atoms with Crippen LogP contribution in [-0.2, 0) is 0 Å². The molecule has 0 saturated heterocycles. The second kappa shape index (κ2) is 6.29. The molecule has 0 aliphatic rings. The zero-order valence-electron chi connectivity index (χ0n) is 14.3. The number of nitrogens with two attached hydrogens (primary N) is 1. The van der Waals surface area contributed by atoms with Crippen LogP contribution in [0.3, 0.4) is 0 Å². The van der Waals surface area contributed by atoms with Crippen LogP contribution in [0, 0.1) is 13.8 Å². The molecule has 10 heteroatoms. The molecule has 0 saturated carbocycles. The third-order valence-electron chi connectivity index (χ3n) is 4.13. The van der Waals surface area contributed by atoms with Crippen molar-refractivity contribution < 1.29 is 4.42 Å². The number of thioether (sulfide) groups is 1. The molecule has 0 amide bonds. The number of aromatic nitrogens is 5. The molecular formula is C16H16N6O2S2. The molecular weight excluding hydrogens is 372 g/mol. The fraction of sp³-hybridized carbons (Fsp3) is 0.250. The Labute approximate surface area is 156 Å². The molecule has 4 rings (SSSR count). The number of nitrogens with zero attached hydrogens (tertiary/aromatic N) is 4. The molecule has 4 heterocycles. The molecule has 4 aromatic rings. The highest BCUT2D eigenvalue weighted by molar-refractivity contribution is 7.99. The Morgan fingerprint density at radius 2 is 2.19 bits per heavy atom. The summed E-state index contributed by atoms with van der Waals surface area (Å²) in [5.41, 5.74) is 0.861. The zero-order valence-corrected chi connectivity index (χ0v) is 15.9. The molecule has 134 valence electrons. The van der Waals surface area contributed by atoms with Gasteiger partial charge in [0.25, 0.3) is 5.56 Å². The SMILES string of the molecule is Cc1sc2nc([C@H](C)Sc3nnc(-c4ccco4)n3N)[nH]c(=O)c2c1C. The minimum absolute atomic E-state index is 0.121. The number of thiophene rings is 1. The molecule has 0 unspecified atom stereocenters. The highest BCUT2D eigenvalue weighted by atomic mass is 32.2. The van der Waals surface area contributed by atoms with Gasteiger partial charge in [0.15, 0.2) is 5.76 Å². The van der Waals surface area contributed by atoms with Crippen molar-refractivity contribution in [1.29, 1.82) is 0 Å². The van der Waals surface area contributed by atoms with Crippen molar-refractivity contribution in [3.63, 3.8) is 0 Å². The molecule has 0 aromatic carbocycles. The minimum atomic E-state index is -0.161. The summed E-state index contributed by atoms with van der Waals surface area (Å²) in [5, 5.41) is 9.19. The first kappa shape index (κ1) is 16.9. The van der Waals surface area contributed by atoms with E-state index in [2.05, 4.69) is 20.2 Å². The zero-order chi connectivity index (χ0) is 18.4. The Morgan fingerprint density at radius 3 is 2.92 bits per heavy atom. The average Bonchev–Trinajstić information content (AvgIpc) is 3.30. The van der Waals surface area contributed by atoms with Gasteiger partial charge in [0.1, 0.15) is 10.7 Å². The van der Waals surface area contributed by atoms with E-state index in [0.29, 0.717) is 28.0 Å². The number of aromatic amines is 1. The van der Waals surface area contributed by atoms with Gasteiger partial charge in [0.2, 0.25) is 11.0 Å². The maximum absolute atomic E-state index is 12.4.